The number of fused-ring (bicyclic) bond motifs is 1. The Kier molecular flexibility index (Phi) is 5.01. The van der Waals surface area contributed by atoms with E-state index in [1.165, 1.54) is 28.7 Å². The maximum atomic E-state index is 13.1. The standard InChI is InChI=1S/C21H17FN4O3/c1-29-13-17-11-19-24-25(12-18(27)14-7-9-16(22)10-8-14)21(28)26(19)20(23-17)15-5-3-2-4-6-15/h2-11H,12-13H2,1H3. The van der Waals surface area contributed by atoms with Crippen LogP contribution in [0.2, 0.25) is 0 Å². The third-order valence-corrected chi connectivity index (χ3v) is 4.41. The molecule has 0 radical (unpaired) electrons. The van der Waals surface area contributed by atoms with Crippen LogP contribution in [0.25, 0.3) is 17.0 Å². The van der Waals surface area contributed by atoms with Gasteiger partial charge in [0.2, 0.25) is 0 Å². The van der Waals surface area contributed by atoms with Crippen LogP contribution in [0.4, 0.5) is 4.39 Å². The van der Waals surface area contributed by atoms with Gasteiger partial charge in [0.15, 0.2) is 11.4 Å². The number of ketones is 1. The Morgan fingerprint density at radius 3 is 2.52 bits per heavy atom. The van der Waals surface area contributed by atoms with E-state index in [4.69, 9.17) is 4.74 Å². The molecule has 0 saturated carbocycles. The van der Waals surface area contributed by atoms with Gasteiger partial charge in [0.05, 0.1) is 12.3 Å². The van der Waals surface area contributed by atoms with Crippen molar-refractivity contribution >= 4 is 11.4 Å². The molecule has 0 spiro atoms. The van der Waals surface area contributed by atoms with Crippen molar-refractivity contribution in [3.63, 3.8) is 0 Å². The quantitative estimate of drug-likeness (QED) is 0.472. The first-order valence-corrected chi connectivity index (χ1v) is 8.89. The van der Waals surface area contributed by atoms with Crippen molar-refractivity contribution < 1.29 is 13.9 Å². The fourth-order valence-corrected chi connectivity index (χ4v) is 3.05. The van der Waals surface area contributed by atoms with Gasteiger partial charge in [-0.1, -0.05) is 30.3 Å². The van der Waals surface area contributed by atoms with E-state index in [-0.39, 0.29) is 18.9 Å². The van der Waals surface area contributed by atoms with Crippen LogP contribution < -0.4 is 5.69 Å². The first-order chi connectivity index (χ1) is 14.1. The summed E-state index contributed by atoms with van der Waals surface area (Å²) in [5.41, 5.74) is 1.54. The van der Waals surface area contributed by atoms with Crippen LogP contribution in [0.3, 0.4) is 0 Å². The minimum Gasteiger partial charge on any atom is -0.378 e. The minimum atomic E-state index is -0.481. The summed E-state index contributed by atoms with van der Waals surface area (Å²) in [7, 11) is 1.56. The van der Waals surface area contributed by atoms with Crippen LogP contribution in [0, 0.1) is 5.82 Å². The molecule has 7 nitrogen and oxygen atoms in total. The zero-order valence-corrected chi connectivity index (χ0v) is 15.6. The van der Waals surface area contributed by atoms with Crippen molar-refractivity contribution in [2.45, 2.75) is 13.2 Å². The summed E-state index contributed by atoms with van der Waals surface area (Å²) >= 11 is 0. The number of nitrogens with zero attached hydrogens (tertiary/aromatic N) is 4. The number of benzene rings is 2. The molecule has 146 valence electrons. The average molecular weight is 392 g/mol. The minimum absolute atomic E-state index is 0.256. The Morgan fingerprint density at radius 1 is 1.10 bits per heavy atom. The Morgan fingerprint density at radius 2 is 1.83 bits per heavy atom. The Bertz CT molecular complexity index is 1230. The fraction of sp³-hybridized carbons (Fsp3) is 0.143. The van der Waals surface area contributed by atoms with Gasteiger partial charge >= 0.3 is 5.69 Å². The molecule has 0 bridgehead atoms. The number of hydrogen-bond acceptors (Lipinski definition) is 5. The third-order valence-electron chi connectivity index (χ3n) is 4.41. The molecule has 0 fully saturated rings. The molecule has 4 rings (SSSR count). The molecule has 4 aromatic rings. The van der Waals surface area contributed by atoms with Gasteiger partial charge in [-0.15, -0.1) is 5.10 Å². The number of carbonyl (C=O) groups excluding carboxylic acids is 1. The Hall–Kier alpha value is -3.65. The van der Waals surface area contributed by atoms with Crippen molar-refractivity contribution in [3.05, 3.63) is 88.2 Å². The highest BCUT2D eigenvalue weighted by molar-refractivity contribution is 5.95. The first kappa shape index (κ1) is 18.7. The van der Waals surface area contributed by atoms with E-state index in [1.807, 2.05) is 30.3 Å². The Balaban J connectivity index is 1.81. The van der Waals surface area contributed by atoms with Crippen LogP contribution in [0.5, 0.6) is 0 Å². The predicted molar refractivity (Wildman–Crippen MR) is 104 cm³/mol. The largest absolute Gasteiger partial charge is 0.378 e. The summed E-state index contributed by atoms with van der Waals surface area (Å²) in [6.07, 6.45) is 0. The number of methoxy groups -OCH3 is 1. The second-order valence-corrected chi connectivity index (χ2v) is 6.43. The van der Waals surface area contributed by atoms with Gasteiger partial charge in [-0.25, -0.2) is 23.3 Å². The fourth-order valence-electron chi connectivity index (χ4n) is 3.05. The molecule has 0 atom stereocenters. The molecule has 2 aromatic heterocycles. The van der Waals surface area contributed by atoms with Gasteiger partial charge in [-0.2, -0.15) is 0 Å². The maximum absolute atomic E-state index is 13.1. The lowest BCUT2D eigenvalue weighted by Gasteiger charge is -2.06. The van der Waals surface area contributed by atoms with Crippen molar-refractivity contribution in [2.75, 3.05) is 7.11 Å². The monoisotopic (exact) mass is 392 g/mol. The van der Waals surface area contributed by atoms with Gasteiger partial charge in [-0.3, -0.25) is 4.79 Å². The van der Waals surface area contributed by atoms with E-state index in [0.29, 0.717) is 22.7 Å². The Labute approximate surface area is 165 Å². The lowest BCUT2D eigenvalue weighted by atomic mass is 10.1. The van der Waals surface area contributed by atoms with Crippen molar-refractivity contribution in [1.29, 1.82) is 0 Å². The number of carbonyl (C=O) groups is 1. The van der Waals surface area contributed by atoms with Crippen LogP contribution in [-0.4, -0.2) is 32.1 Å². The highest BCUT2D eigenvalue weighted by Gasteiger charge is 2.17. The zero-order valence-electron chi connectivity index (χ0n) is 15.6. The molecule has 0 aliphatic heterocycles. The summed E-state index contributed by atoms with van der Waals surface area (Å²) < 4.78 is 20.7. The van der Waals surface area contributed by atoms with E-state index in [9.17, 15) is 14.0 Å². The van der Waals surface area contributed by atoms with E-state index < -0.39 is 11.5 Å². The van der Waals surface area contributed by atoms with E-state index in [2.05, 4.69) is 10.1 Å². The summed E-state index contributed by atoms with van der Waals surface area (Å²) in [6, 6.07) is 16.1. The maximum Gasteiger partial charge on any atom is 0.352 e. The van der Waals surface area contributed by atoms with Crippen molar-refractivity contribution in [1.82, 2.24) is 19.2 Å². The number of hydrogen-bond donors (Lipinski definition) is 0. The van der Waals surface area contributed by atoms with Gasteiger partial charge in [0, 0.05) is 24.3 Å². The summed E-state index contributed by atoms with van der Waals surface area (Å²) in [5, 5.41) is 4.30. The van der Waals surface area contributed by atoms with E-state index >= 15 is 0 Å². The second kappa shape index (κ2) is 7.76. The normalized spacial score (nSPS) is 11.1. The smallest absolute Gasteiger partial charge is 0.352 e. The van der Waals surface area contributed by atoms with Crippen LogP contribution in [-0.2, 0) is 17.9 Å². The van der Waals surface area contributed by atoms with Crippen LogP contribution >= 0.6 is 0 Å². The molecule has 29 heavy (non-hydrogen) atoms. The van der Waals surface area contributed by atoms with Gasteiger partial charge in [0.1, 0.15) is 18.2 Å². The topological polar surface area (TPSA) is 78.5 Å². The average Bonchev–Trinajstić information content (AvgIpc) is 3.04. The molecule has 0 N–H and O–H groups in total. The molecule has 0 unspecified atom stereocenters. The number of rotatable bonds is 6. The van der Waals surface area contributed by atoms with Gasteiger partial charge < -0.3 is 4.74 Å². The molecule has 8 heteroatoms. The van der Waals surface area contributed by atoms with Crippen molar-refractivity contribution in [3.8, 4) is 11.4 Å². The lowest BCUT2D eigenvalue weighted by Crippen LogP contribution is -2.26. The zero-order chi connectivity index (χ0) is 20.4. The molecular weight excluding hydrogens is 375 g/mol. The SMILES string of the molecule is COCc1cc2nn(CC(=O)c3ccc(F)cc3)c(=O)n2c(-c2ccccc2)n1. The van der Waals surface area contributed by atoms with Gasteiger partial charge in [-0.05, 0) is 24.3 Å². The molecule has 0 amide bonds. The number of aromatic nitrogens is 4. The third kappa shape index (κ3) is 3.70. The first-order valence-electron chi connectivity index (χ1n) is 8.89. The van der Waals surface area contributed by atoms with Crippen molar-refractivity contribution in [2.24, 2.45) is 0 Å². The lowest BCUT2D eigenvalue weighted by molar-refractivity contribution is 0.0966. The molecular formula is C21H17FN4O3. The number of ether oxygens (including phenoxy) is 1. The molecule has 0 aliphatic rings. The van der Waals surface area contributed by atoms with Crippen LogP contribution in [0.15, 0.2) is 65.5 Å². The molecule has 2 aromatic carbocycles. The van der Waals surface area contributed by atoms with Gasteiger partial charge in [0.25, 0.3) is 0 Å². The summed E-state index contributed by atoms with van der Waals surface area (Å²) in [6.45, 7) is -0.00805. The summed E-state index contributed by atoms with van der Waals surface area (Å²) in [5.74, 6) is -0.363. The van der Waals surface area contributed by atoms with E-state index in [1.54, 1.807) is 13.2 Å². The second-order valence-electron chi connectivity index (χ2n) is 6.43. The number of halogens is 1. The highest BCUT2D eigenvalue weighted by atomic mass is 19.1. The highest BCUT2D eigenvalue weighted by Crippen LogP contribution is 2.18. The molecule has 0 saturated heterocycles. The molecule has 0 aliphatic carbocycles. The number of Topliss-reactive ketones (excluding diaryl/α,β-unsaturated/α-hetero) is 1. The van der Waals surface area contributed by atoms with E-state index in [0.717, 1.165) is 10.2 Å². The van der Waals surface area contributed by atoms with Crippen LogP contribution in [0.1, 0.15) is 16.1 Å². The predicted octanol–water partition coefficient (Wildman–Crippen LogP) is 2.73. The molecule has 2 heterocycles. The summed E-state index contributed by atoms with van der Waals surface area (Å²) in [4.78, 5) is 30.0.